The van der Waals surface area contributed by atoms with Crippen LogP contribution in [0.2, 0.25) is 0 Å². The summed E-state index contributed by atoms with van der Waals surface area (Å²) in [7, 11) is 0. The highest BCUT2D eigenvalue weighted by Gasteiger charge is 2.35. The number of aliphatic hydroxyl groups is 1. The Balaban J connectivity index is 0.000000732. The number of nitrogens with zero attached hydrogens (tertiary/aromatic N) is 1. The molecular formula is C33H43NO3S. The quantitative estimate of drug-likeness (QED) is 0.311. The van der Waals surface area contributed by atoms with Crippen molar-refractivity contribution in [2.45, 2.75) is 79.9 Å². The average molecular weight is 534 g/mol. The number of carboxylic acid groups (broad SMARTS) is 1. The van der Waals surface area contributed by atoms with Gasteiger partial charge in [-0.25, -0.2) is 0 Å². The maximum Gasteiger partial charge on any atom is 0.307 e. The lowest BCUT2D eigenvalue weighted by molar-refractivity contribution is -0.136. The largest absolute Gasteiger partial charge is 0.481 e. The molecule has 0 radical (unpaired) electrons. The van der Waals surface area contributed by atoms with Gasteiger partial charge in [0.2, 0.25) is 0 Å². The molecule has 3 aromatic rings. The predicted octanol–water partition coefficient (Wildman–Crippen LogP) is 8.54. The molecule has 0 amide bonds. The third-order valence-corrected chi connectivity index (χ3v) is 7.58. The fourth-order valence-corrected chi connectivity index (χ4v) is 6.19. The Kier molecular flexibility index (Phi) is 9.38. The fourth-order valence-electron chi connectivity index (χ4n) is 5.32. The molecule has 0 aromatic heterocycles. The van der Waals surface area contributed by atoms with Crippen LogP contribution in [0.15, 0.2) is 48.5 Å². The Morgan fingerprint density at radius 1 is 0.974 bits per heavy atom. The van der Waals surface area contributed by atoms with Crippen molar-refractivity contribution in [3.63, 3.8) is 0 Å². The van der Waals surface area contributed by atoms with E-state index in [4.69, 9.17) is 5.11 Å². The van der Waals surface area contributed by atoms with Crippen molar-refractivity contribution in [3.05, 3.63) is 76.3 Å². The lowest BCUT2D eigenvalue weighted by Crippen LogP contribution is -2.29. The number of fused-ring (bicyclic) bond motifs is 3. The van der Waals surface area contributed by atoms with Crippen LogP contribution in [-0.2, 0) is 11.2 Å². The van der Waals surface area contributed by atoms with Gasteiger partial charge in [-0.3, -0.25) is 4.79 Å². The van der Waals surface area contributed by atoms with E-state index < -0.39 is 11.6 Å². The fraction of sp³-hybridized carbons (Fsp3) is 0.424. The van der Waals surface area contributed by atoms with E-state index in [0.29, 0.717) is 5.92 Å². The summed E-state index contributed by atoms with van der Waals surface area (Å²) in [5.41, 5.74) is 11.0. The lowest BCUT2D eigenvalue weighted by Gasteiger charge is -2.42. The number of hydrogen-bond donors (Lipinski definition) is 2. The van der Waals surface area contributed by atoms with Gasteiger partial charge in [0.05, 0.1) is 23.8 Å². The standard InChI is InChI=1S/C29H33NO2S.C4H10O/c1-17(2)15-25-22-9-7-8-10-23(22)28-20(5)27(21-13-11-18(3)12-14-21)24(16-26(31)32)19(4)29(28)30(25)33-6;1-4(2,3)5/h7-14,17,25H,15-16H2,1-6H3,(H,31,32);5H,1-3H3/t25-;/m0./s1. The zero-order chi connectivity index (χ0) is 28.4. The second-order valence-electron chi connectivity index (χ2n) is 11.7. The summed E-state index contributed by atoms with van der Waals surface area (Å²) in [6.07, 6.45) is 3.19. The molecule has 2 N–H and O–H groups in total. The van der Waals surface area contributed by atoms with E-state index >= 15 is 0 Å². The molecule has 204 valence electrons. The molecule has 0 fully saturated rings. The van der Waals surface area contributed by atoms with Crippen molar-refractivity contribution in [3.8, 4) is 22.3 Å². The zero-order valence-corrected chi connectivity index (χ0v) is 25.2. The minimum absolute atomic E-state index is 0.0158. The summed E-state index contributed by atoms with van der Waals surface area (Å²) in [6.45, 7) is 16.1. The third-order valence-electron chi connectivity index (χ3n) is 6.75. The smallest absolute Gasteiger partial charge is 0.307 e. The molecule has 0 saturated carbocycles. The van der Waals surface area contributed by atoms with Crippen LogP contribution in [0, 0.1) is 26.7 Å². The van der Waals surface area contributed by atoms with E-state index in [2.05, 4.69) is 93.7 Å². The molecule has 0 unspecified atom stereocenters. The van der Waals surface area contributed by atoms with Crippen molar-refractivity contribution in [2.75, 3.05) is 10.6 Å². The van der Waals surface area contributed by atoms with Gasteiger partial charge in [-0.15, -0.1) is 0 Å². The average Bonchev–Trinajstić information content (AvgIpc) is 2.81. The SMILES string of the molecule is CC(C)(C)O.CSN1c2c(C)c(CC(=O)O)c(-c3ccc(C)cc3)c(C)c2-c2ccccc2[C@@H]1CC(C)C. The first-order chi connectivity index (χ1) is 17.7. The van der Waals surface area contributed by atoms with Gasteiger partial charge in [-0.2, -0.15) is 0 Å². The summed E-state index contributed by atoms with van der Waals surface area (Å²) < 4.78 is 2.43. The van der Waals surface area contributed by atoms with Gasteiger partial charge in [-0.05, 0) is 92.8 Å². The third kappa shape index (κ3) is 6.62. The molecule has 4 rings (SSSR count). The molecule has 38 heavy (non-hydrogen) atoms. The minimum Gasteiger partial charge on any atom is -0.481 e. The van der Waals surface area contributed by atoms with Crippen LogP contribution in [0.1, 0.15) is 74.9 Å². The number of aliphatic carboxylic acids is 1. The number of hydrogen-bond acceptors (Lipinski definition) is 4. The predicted molar refractivity (Wildman–Crippen MR) is 163 cm³/mol. The second kappa shape index (κ2) is 12.0. The number of carbonyl (C=O) groups is 1. The van der Waals surface area contributed by atoms with Crippen molar-refractivity contribution in [1.29, 1.82) is 0 Å². The monoisotopic (exact) mass is 533 g/mol. The van der Waals surface area contributed by atoms with Crippen molar-refractivity contribution >= 4 is 23.6 Å². The van der Waals surface area contributed by atoms with Crippen LogP contribution < -0.4 is 4.31 Å². The highest BCUT2D eigenvalue weighted by molar-refractivity contribution is 8.00. The van der Waals surface area contributed by atoms with Gasteiger partial charge in [0, 0.05) is 11.8 Å². The van der Waals surface area contributed by atoms with Crippen LogP contribution in [-0.4, -0.2) is 28.0 Å². The van der Waals surface area contributed by atoms with E-state index in [-0.39, 0.29) is 12.5 Å². The van der Waals surface area contributed by atoms with E-state index in [1.807, 2.05) is 0 Å². The summed E-state index contributed by atoms with van der Waals surface area (Å²) >= 11 is 1.74. The number of anilines is 1. The van der Waals surface area contributed by atoms with Gasteiger partial charge < -0.3 is 14.5 Å². The Hall–Kier alpha value is -2.76. The molecule has 1 aliphatic rings. The van der Waals surface area contributed by atoms with Gasteiger partial charge in [-0.1, -0.05) is 79.9 Å². The molecule has 4 nitrogen and oxygen atoms in total. The van der Waals surface area contributed by atoms with Gasteiger partial charge in [0.15, 0.2) is 0 Å². The summed E-state index contributed by atoms with van der Waals surface area (Å²) in [6, 6.07) is 17.5. The first kappa shape index (κ1) is 29.8. The molecule has 0 bridgehead atoms. The van der Waals surface area contributed by atoms with E-state index in [1.54, 1.807) is 32.7 Å². The van der Waals surface area contributed by atoms with Crippen LogP contribution in [0.5, 0.6) is 0 Å². The van der Waals surface area contributed by atoms with Gasteiger partial charge in [0.1, 0.15) is 0 Å². The summed E-state index contributed by atoms with van der Waals surface area (Å²) in [5.74, 6) is -0.248. The lowest BCUT2D eigenvalue weighted by atomic mass is 9.78. The number of rotatable bonds is 6. The van der Waals surface area contributed by atoms with Gasteiger partial charge >= 0.3 is 5.97 Å². The van der Waals surface area contributed by atoms with Crippen molar-refractivity contribution in [1.82, 2.24) is 0 Å². The Labute approximate surface area is 233 Å². The normalized spacial score (nSPS) is 14.5. The van der Waals surface area contributed by atoms with Crippen LogP contribution in [0.25, 0.3) is 22.3 Å². The highest BCUT2D eigenvalue weighted by atomic mass is 32.2. The molecular weight excluding hydrogens is 490 g/mol. The molecule has 0 aliphatic carbocycles. The Morgan fingerprint density at radius 2 is 1.55 bits per heavy atom. The zero-order valence-electron chi connectivity index (χ0n) is 24.3. The summed E-state index contributed by atoms with van der Waals surface area (Å²) in [4.78, 5) is 12.0. The summed E-state index contributed by atoms with van der Waals surface area (Å²) in [5, 5.41) is 18.4. The first-order valence-corrected chi connectivity index (χ1v) is 14.5. The minimum atomic E-state index is -0.795. The molecule has 0 saturated heterocycles. The van der Waals surface area contributed by atoms with E-state index in [0.717, 1.165) is 34.2 Å². The van der Waals surface area contributed by atoms with Crippen LogP contribution in [0.4, 0.5) is 5.69 Å². The maximum absolute atomic E-state index is 12.0. The Morgan fingerprint density at radius 3 is 2.08 bits per heavy atom. The molecule has 1 atom stereocenters. The highest BCUT2D eigenvalue weighted by Crippen LogP contribution is 2.54. The molecule has 3 aromatic carbocycles. The maximum atomic E-state index is 12.0. The molecule has 1 heterocycles. The van der Waals surface area contributed by atoms with Crippen LogP contribution in [0.3, 0.4) is 0 Å². The topological polar surface area (TPSA) is 60.8 Å². The number of aryl methyl sites for hydroxylation is 1. The number of benzene rings is 3. The molecule has 0 spiro atoms. The van der Waals surface area contributed by atoms with Gasteiger partial charge in [0.25, 0.3) is 0 Å². The van der Waals surface area contributed by atoms with E-state index in [1.165, 1.54) is 27.9 Å². The van der Waals surface area contributed by atoms with Crippen molar-refractivity contribution < 1.29 is 15.0 Å². The molecule has 1 aliphatic heterocycles. The van der Waals surface area contributed by atoms with E-state index in [9.17, 15) is 9.90 Å². The first-order valence-electron chi connectivity index (χ1n) is 13.3. The number of carboxylic acids is 1. The van der Waals surface area contributed by atoms with Crippen LogP contribution >= 0.6 is 11.9 Å². The van der Waals surface area contributed by atoms with Crippen molar-refractivity contribution in [2.24, 2.45) is 5.92 Å². The molecule has 5 heteroatoms. The Bertz CT molecular complexity index is 1280. The second-order valence-corrected chi connectivity index (χ2v) is 12.4.